The van der Waals surface area contributed by atoms with E-state index in [1.54, 1.807) is 22.0 Å². The summed E-state index contributed by atoms with van der Waals surface area (Å²) < 4.78 is 3.32. The van der Waals surface area contributed by atoms with Crippen molar-refractivity contribution in [2.45, 2.75) is 13.1 Å². The van der Waals surface area contributed by atoms with Gasteiger partial charge < -0.3 is 0 Å². The Hall–Kier alpha value is -2.51. The van der Waals surface area contributed by atoms with Crippen LogP contribution in [-0.4, -0.2) is 47.6 Å². The van der Waals surface area contributed by atoms with Gasteiger partial charge in [-0.3, -0.25) is 0 Å². The van der Waals surface area contributed by atoms with E-state index < -0.39 is 8.07 Å². The predicted molar refractivity (Wildman–Crippen MR) is 95.1 cm³/mol. The third kappa shape index (κ3) is 3.40. The molecule has 4 aromatic rings. The number of nitrogens with zero attached hydrogens (tertiary/aromatic N) is 8. The minimum absolute atomic E-state index is 0. The maximum absolute atomic E-state index is 4.80. The van der Waals surface area contributed by atoms with Crippen LogP contribution in [0.1, 0.15) is 0 Å². The average molecular weight is 544 g/mol. The minimum atomic E-state index is -2.09. The first-order valence-corrected chi connectivity index (χ1v) is 10.8. The molecule has 0 amide bonds. The van der Waals surface area contributed by atoms with Crippen molar-refractivity contribution >= 4 is 18.7 Å². The Morgan fingerprint density at radius 3 is 1.58 bits per heavy atom. The van der Waals surface area contributed by atoms with Crippen molar-refractivity contribution in [2.24, 2.45) is 0 Å². The smallest absolute Gasteiger partial charge is 0.158 e. The zero-order chi connectivity index (χ0) is 17.3. The maximum Gasteiger partial charge on any atom is 0.158 e. The topological polar surface area (TPSA) is 87.2 Å². The molecule has 0 aliphatic carbocycles. The van der Waals surface area contributed by atoms with Crippen LogP contribution in [-0.2, 0) is 21.1 Å². The van der Waals surface area contributed by atoms with Gasteiger partial charge >= 0.3 is 0 Å². The Morgan fingerprint density at radius 2 is 1.19 bits per heavy atom. The standard InChI is InChI=1S/C16H16N8Si.Pt/c1-25(2,15-7-3-5-13(21-15)23-11-17-9-19-23)16-8-4-6-14(22-16)24-12-18-10-20-24;/h3-12H,1-2H3;. The van der Waals surface area contributed by atoms with Crippen molar-refractivity contribution < 1.29 is 21.1 Å². The first-order valence-electron chi connectivity index (χ1n) is 7.80. The average Bonchev–Trinajstić information content (AvgIpc) is 3.36. The Bertz CT molecular complexity index is 905. The molecule has 0 aromatic carbocycles. The predicted octanol–water partition coefficient (Wildman–Crippen LogP) is 0.458. The molecule has 0 fully saturated rings. The summed E-state index contributed by atoms with van der Waals surface area (Å²) >= 11 is 0. The monoisotopic (exact) mass is 543 g/mol. The minimum Gasteiger partial charge on any atom is -0.238 e. The van der Waals surface area contributed by atoms with Gasteiger partial charge in [-0.15, -0.1) is 0 Å². The van der Waals surface area contributed by atoms with Gasteiger partial charge in [-0.25, -0.2) is 29.3 Å². The number of aromatic nitrogens is 8. The molecule has 26 heavy (non-hydrogen) atoms. The summed E-state index contributed by atoms with van der Waals surface area (Å²) in [5, 5.41) is 10.4. The summed E-state index contributed by atoms with van der Waals surface area (Å²) in [6.45, 7) is 4.46. The molecule has 10 heteroatoms. The van der Waals surface area contributed by atoms with Gasteiger partial charge in [0.15, 0.2) is 19.7 Å². The second-order valence-electron chi connectivity index (χ2n) is 6.07. The van der Waals surface area contributed by atoms with Crippen LogP contribution in [0.2, 0.25) is 13.1 Å². The van der Waals surface area contributed by atoms with E-state index in [0.29, 0.717) is 0 Å². The molecule has 0 N–H and O–H groups in total. The van der Waals surface area contributed by atoms with Gasteiger partial charge in [-0.2, -0.15) is 10.2 Å². The van der Waals surface area contributed by atoms with Gasteiger partial charge in [0, 0.05) is 31.7 Å². The quantitative estimate of drug-likeness (QED) is 0.348. The van der Waals surface area contributed by atoms with E-state index in [9.17, 15) is 0 Å². The van der Waals surface area contributed by atoms with Crippen LogP contribution in [0.25, 0.3) is 11.6 Å². The molecule has 0 atom stereocenters. The second kappa shape index (κ2) is 7.39. The molecule has 0 aliphatic rings. The molecule has 4 heterocycles. The first-order chi connectivity index (χ1) is 12.1. The van der Waals surface area contributed by atoms with E-state index in [0.717, 1.165) is 22.3 Å². The summed E-state index contributed by atoms with van der Waals surface area (Å²) in [5.41, 5.74) is 0. The van der Waals surface area contributed by atoms with Crippen molar-refractivity contribution in [3.63, 3.8) is 0 Å². The molecule has 8 nitrogen and oxygen atoms in total. The largest absolute Gasteiger partial charge is 0.238 e. The summed E-state index contributed by atoms with van der Waals surface area (Å²) in [6.07, 6.45) is 6.29. The van der Waals surface area contributed by atoms with Crippen molar-refractivity contribution in [2.75, 3.05) is 0 Å². The molecular weight excluding hydrogens is 527 g/mol. The Kier molecular flexibility index (Phi) is 5.19. The molecule has 134 valence electrons. The molecule has 0 saturated carbocycles. The normalized spacial score (nSPS) is 11.2. The van der Waals surface area contributed by atoms with Crippen LogP contribution in [0.4, 0.5) is 0 Å². The van der Waals surface area contributed by atoms with Gasteiger partial charge in [0.2, 0.25) is 0 Å². The zero-order valence-corrected chi connectivity index (χ0v) is 17.4. The van der Waals surface area contributed by atoms with Crippen LogP contribution in [0.3, 0.4) is 0 Å². The number of pyridine rings is 2. The van der Waals surface area contributed by atoms with E-state index in [1.807, 2.05) is 24.3 Å². The van der Waals surface area contributed by atoms with Gasteiger partial charge in [0.1, 0.15) is 25.3 Å². The Balaban J connectivity index is 0.00000196. The fraction of sp³-hybridized carbons (Fsp3) is 0.125. The van der Waals surface area contributed by atoms with Gasteiger partial charge in [0.05, 0.1) is 0 Å². The van der Waals surface area contributed by atoms with E-state index in [-0.39, 0.29) is 21.1 Å². The van der Waals surface area contributed by atoms with Gasteiger partial charge in [-0.1, -0.05) is 25.2 Å². The molecule has 4 rings (SSSR count). The third-order valence-corrected chi connectivity index (χ3v) is 7.17. The van der Waals surface area contributed by atoms with Crippen LogP contribution in [0.15, 0.2) is 61.7 Å². The van der Waals surface area contributed by atoms with Gasteiger partial charge in [-0.05, 0) is 24.3 Å². The summed E-state index contributed by atoms with van der Waals surface area (Å²) in [6, 6.07) is 11.9. The van der Waals surface area contributed by atoms with Crippen LogP contribution in [0.5, 0.6) is 0 Å². The van der Waals surface area contributed by atoms with Crippen LogP contribution in [0, 0.1) is 0 Å². The maximum atomic E-state index is 4.80. The zero-order valence-electron chi connectivity index (χ0n) is 14.2. The molecule has 4 aromatic heterocycles. The molecule has 0 aliphatic heterocycles. The molecule has 0 saturated heterocycles. The summed E-state index contributed by atoms with van der Waals surface area (Å²) in [7, 11) is -2.09. The Labute approximate surface area is 165 Å². The van der Waals surface area contributed by atoms with E-state index >= 15 is 0 Å². The molecule has 0 bridgehead atoms. The summed E-state index contributed by atoms with van der Waals surface area (Å²) in [4.78, 5) is 17.6. The molecule has 0 radical (unpaired) electrons. The fourth-order valence-corrected chi connectivity index (χ4v) is 4.66. The molecule has 0 unspecified atom stereocenters. The van der Waals surface area contributed by atoms with Crippen molar-refractivity contribution in [1.82, 2.24) is 39.5 Å². The van der Waals surface area contributed by atoms with E-state index in [1.165, 1.54) is 12.7 Å². The van der Waals surface area contributed by atoms with Crippen molar-refractivity contribution in [3.05, 3.63) is 61.7 Å². The first kappa shape index (κ1) is 18.3. The number of hydrogen-bond donors (Lipinski definition) is 0. The number of hydrogen-bond acceptors (Lipinski definition) is 6. The van der Waals surface area contributed by atoms with Gasteiger partial charge in [0.25, 0.3) is 0 Å². The van der Waals surface area contributed by atoms with Crippen molar-refractivity contribution in [3.8, 4) is 11.6 Å². The second-order valence-corrected chi connectivity index (χ2v) is 10.3. The van der Waals surface area contributed by atoms with E-state index in [2.05, 4.69) is 45.4 Å². The fourth-order valence-electron chi connectivity index (χ4n) is 2.58. The summed E-state index contributed by atoms with van der Waals surface area (Å²) in [5.74, 6) is 1.51. The Morgan fingerprint density at radius 1 is 0.731 bits per heavy atom. The van der Waals surface area contributed by atoms with Crippen LogP contribution >= 0.6 is 0 Å². The van der Waals surface area contributed by atoms with Crippen molar-refractivity contribution in [1.29, 1.82) is 0 Å². The SMILES string of the molecule is C[Si](C)(c1cccc(-n2cncn2)n1)c1cccc(-n2cncn2)n1.[Pt]. The van der Waals surface area contributed by atoms with Crippen LogP contribution < -0.4 is 10.6 Å². The van der Waals surface area contributed by atoms with E-state index in [4.69, 9.17) is 9.97 Å². The molecule has 0 spiro atoms. The third-order valence-electron chi connectivity index (χ3n) is 4.06. The number of rotatable bonds is 4. The molecular formula is C16H16N8PtSi.